The van der Waals surface area contributed by atoms with Crippen molar-refractivity contribution in [2.24, 2.45) is 0 Å². The summed E-state index contributed by atoms with van der Waals surface area (Å²) in [4.78, 5) is 0. The van der Waals surface area contributed by atoms with E-state index in [1.807, 2.05) is 0 Å². The third-order valence-electron chi connectivity index (χ3n) is 4.47. The van der Waals surface area contributed by atoms with Crippen molar-refractivity contribution in [2.45, 2.75) is 18.8 Å². The van der Waals surface area contributed by atoms with Gasteiger partial charge in [0.15, 0.2) is 0 Å². The van der Waals surface area contributed by atoms with Crippen LogP contribution in [0.25, 0.3) is 16.8 Å². The van der Waals surface area contributed by atoms with Gasteiger partial charge in [-0.15, -0.1) is 0 Å². The van der Waals surface area contributed by atoms with E-state index in [1.54, 1.807) is 0 Å². The normalized spacial score (nSPS) is 16.9. The number of allylic oxidation sites excluding steroid dienone is 1. The van der Waals surface area contributed by atoms with Gasteiger partial charge in [-0.2, -0.15) is 0 Å². The lowest BCUT2D eigenvalue weighted by Crippen LogP contribution is -2.07. The minimum absolute atomic E-state index is 0.594. The number of fused-ring (bicyclic) bond motifs is 3. The van der Waals surface area contributed by atoms with Gasteiger partial charge >= 0.3 is 0 Å². The maximum atomic E-state index is 2.34. The van der Waals surface area contributed by atoms with E-state index in [4.69, 9.17) is 0 Å². The summed E-state index contributed by atoms with van der Waals surface area (Å²) in [5.74, 6) is 0.594. The largest absolute Gasteiger partial charge is 0.0833 e. The first kappa shape index (κ1) is 12.4. The smallest absolute Gasteiger partial charge is 0.00807 e. The Kier molecular flexibility index (Phi) is 3.08. The molecular formula is C21H18. The van der Waals surface area contributed by atoms with Gasteiger partial charge in [-0.25, -0.2) is 0 Å². The van der Waals surface area contributed by atoms with Crippen molar-refractivity contribution < 1.29 is 0 Å². The van der Waals surface area contributed by atoms with Gasteiger partial charge in [0.25, 0.3) is 0 Å². The maximum absolute atomic E-state index is 2.34. The topological polar surface area (TPSA) is 0 Å². The van der Waals surface area contributed by atoms with E-state index in [0.29, 0.717) is 5.92 Å². The van der Waals surface area contributed by atoms with Crippen molar-refractivity contribution in [3.05, 3.63) is 89.5 Å². The van der Waals surface area contributed by atoms with Crippen LogP contribution in [0, 0.1) is 0 Å². The molecule has 1 aliphatic rings. The Morgan fingerprint density at radius 1 is 0.810 bits per heavy atom. The van der Waals surface area contributed by atoms with E-state index < -0.39 is 0 Å². The highest BCUT2D eigenvalue weighted by molar-refractivity contribution is 5.92. The van der Waals surface area contributed by atoms with Gasteiger partial charge in [-0.05, 0) is 46.2 Å². The zero-order valence-electron chi connectivity index (χ0n) is 12.0. The summed E-state index contributed by atoms with van der Waals surface area (Å²) in [6.45, 7) is 0. The zero-order valence-corrected chi connectivity index (χ0v) is 12.0. The third-order valence-corrected chi connectivity index (χ3v) is 4.47. The van der Waals surface area contributed by atoms with E-state index >= 15 is 0 Å². The second-order valence-electron chi connectivity index (χ2n) is 5.81. The summed E-state index contributed by atoms with van der Waals surface area (Å²) in [6.07, 6.45) is 6.90. The third kappa shape index (κ3) is 2.27. The van der Waals surface area contributed by atoms with Crippen molar-refractivity contribution in [3.63, 3.8) is 0 Å². The Morgan fingerprint density at radius 2 is 1.62 bits per heavy atom. The molecule has 0 amide bonds. The molecule has 0 heterocycles. The molecular weight excluding hydrogens is 252 g/mol. The lowest BCUT2D eigenvalue weighted by molar-refractivity contribution is 0.690. The molecule has 4 rings (SSSR count). The Balaban J connectivity index is 1.78. The van der Waals surface area contributed by atoms with Crippen LogP contribution in [0.15, 0.2) is 72.8 Å². The van der Waals surface area contributed by atoms with Gasteiger partial charge in [0.2, 0.25) is 0 Å². The van der Waals surface area contributed by atoms with Crippen LogP contribution in [0.5, 0.6) is 0 Å². The predicted molar refractivity (Wildman–Crippen MR) is 90.5 cm³/mol. The molecule has 0 saturated carbocycles. The molecule has 0 spiro atoms. The monoisotopic (exact) mass is 270 g/mol. The summed E-state index contributed by atoms with van der Waals surface area (Å²) < 4.78 is 0. The van der Waals surface area contributed by atoms with Gasteiger partial charge in [-0.1, -0.05) is 78.9 Å². The van der Waals surface area contributed by atoms with Gasteiger partial charge in [-0.3, -0.25) is 0 Å². The van der Waals surface area contributed by atoms with E-state index in [9.17, 15) is 0 Å². The molecule has 0 saturated heterocycles. The lowest BCUT2D eigenvalue weighted by atomic mass is 9.81. The molecule has 0 aromatic heterocycles. The minimum Gasteiger partial charge on any atom is -0.0833 e. The van der Waals surface area contributed by atoms with Crippen LogP contribution in [-0.4, -0.2) is 0 Å². The quantitative estimate of drug-likeness (QED) is 0.570. The van der Waals surface area contributed by atoms with Gasteiger partial charge in [0.05, 0.1) is 0 Å². The first-order chi connectivity index (χ1) is 10.4. The van der Waals surface area contributed by atoms with Crippen LogP contribution in [0.3, 0.4) is 0 Å². The van der Waals surface area contributed by atoms with Crippen LogP contribution >= 0.6 is 0 Å². The molecule has 1 aliphatic carbocycles. The summed E-state index contributed by atoms with van der Waals surface area (Å²) in [5.41, 5.74) is 4.34. The fraction of sp³-hybridized carbons (Fsp3) is 0.143. The van der Waals surface area contributed by atoms with Gasteiger partial charge in [0, 0.05) is 0 Å². The minimum atomic E-state index is 0.594. The van der Waals surface area contributed by atoms with E-state index in [0.717, 1.165) is 12.8 Å². The molecule has 0 heteroatoms. The summed E-state index contributed by atoms with van der Waals surface area (Å²) in [6, 6.07) is 24.1. The standard InChI is InChI=1S/C21H18/c1-2-7-16(8-3-1)15-18-10-6-12-21-19-11-5-4-9-17(19)13-14-20(18)21/h1-9,11-14,18H,10,15H2. The fourth-order valence-electron chi connectivity index (χ4n) is 3.42. The SMILES string of the molecule is C1=Cc2c(ccc3ccccc23)C(Cc2ccccc2)C1. The van der Waals surface area contributed by atoms with Gasteiger partial charge in [0.1, 0.15) is 0 Å². The van der Waals surface area contributed by atoms with Crippen LogP contribution in [0.2, 0.25) is 0 Å². The van der Waals surface area contributed by atoms with Crippen molar-refractivity contribution in [2.75, 3.05) is 0 Å². The van der Waals surface area contributed by atoms with Gasteiger partial charge < -0.3 is 0 Å². The van der Waals surface area contributed by atoms with Crippen molar-refractivity contribution in [1.29, 1.82) is 0 Å². The average Bonchev–Trinajstić information content (AvgIpc) is 2.56. The molecule has 0 bridgehead atoms. The van der Waals surface area contributed by atoms with Crippen molar-refractivity contribution in [1.82, 2.24) is 0 Å². The second kappa shape index (κ2) is 5.21. The molecule has 0 nitrogen and oxygen atoms in total. The highest BCUT2D eigenvalue weighted by atomic mass is 14.2. The lowest BCUT2D eigenvalue weighted by Gasteiger charge is -2.23. The Hall–Kier alpha value is -2.34. The Bertz CT molecular complexity index is 797. The van der Waals surface area contributed by atoms with Crippen LogP contribution in [-0.2, 0) is 6.42 Å². The maximum Gasteiger partial charge on any atom is -0.00807 e. The number of hydrogen-bond donors (Lipinski definition) is 0. The van der Waals surface area contributed by atoms with Crippen LogP contribution in [0.4, 0.5) is 0 Å². The van der Waals surface area contributed by atoms with Crippen molar-refractivity contribution in [3.8, 4) is 0 Å². The Morgan fingerprint density at radius 3 is 2.52 bits per heavy atom. The Labute approximate surface area is 125 Å². The molecule has 1 unspecified atom stereocenters. The average molecular weight is 270 g/mol. The van der Waals surface area contributed by atoms with Crippen LogP contribution in [0.1, 0.15) is 29.0 Å². The fourth-order valence-corrected chi connectivity index (χ4v) is 3.42. The van der Waals surface area contributed by atoms with E-state index in [-0.39, 0.29) is 0 Å². The molecule has 0 radical (unpaired) electrons. The highest BCUT2D eigenvalue weighted by Crippen LogP contribution is 2.36. The van der Waals surface area contributed by atoms with Crippen molar-refractivity contribution >= 4 is 16.8 Å². The molecule has 3 aromatic carbocycles. The number of benzene rings is 3. The first-order valence-corrected chi connectivity index (χ1v) is 7.64. The molecule has 1 atom stereocenters. The van der Waals surface area contributed by atoms with Crippen LogP contribution < -0.4 is 0 Å². The zero-order chi connectivity index (χ0) is 14.1. The highest BCUT2D eigenvalue weighted by Gasteiger charge is 2.18. The van der Waals surface area contributed by atoms with E-state index in [1.165, 1.54) is 27.5 Å². The summed E-state index contributed by atoms with van der Waals surface area (Å²) >= 11 is 0. The molecule has 21 heavy (non-hydrogen) atoms. The second-order valence-corrected chi connectivity index (χ2v) is 5.81. The first-order valence-electron chi connectivity index (χ1n) is 7.64. The molecule has 0 aliphatic heterocycles. The molecule has 3 aromatic rings. The summed E-state index contributed by atoms with van der Waals surface area (Å²) in [7, 11) is 0. The van der Waals surface area contributed by atoms with E-state index in [2.05, 4.69) is 78.9 Å². The number of rotatable bonds is 2. The molecule has 0 N–H and O–H groups in total. The molecule has 102 valence electrons. The predicted octanol–water partition coefficient (Wildman–Crippen LogP) is 5.58. The molecule has 0 fully saturated rings. The summed E-state index contributed by atoms with van der Waals surface area (Å²) in [5, 5.41) is 2.71. The number of hydrogen-bond acceptors (Lipinski definition) is 0.